The normalized spacial score (nSPS) is 10.1. The SMILES string of the molecule is NC(=O)c1ccccc1Oc1ncc(F)cc1C(=O)O. The van der Waals surface area contributed by atoms with Gasteiger partial charge in [0.05, 0.1) is 11.8 Å². The Balaban J connectivity index is 2.45. The molecule has 1 aromatic heterocycles. The van der Waals surface area contributed by atoms with E-state index in [4.69, 9.17) is 15.6 Å². The summed E-state index contributed by atoms with van der Waals surface area (Å²) in [6.45, 7) is 0. The van der Waals surface area contributed by atoms with Gasteiger partial charge in [0.25, 0.3) is 5.91 Å². The minimum atomic E-state index is -1.40. The number of carboxylic acids is 1. The molecule has 0 bridgehead atoms. The van der Waals surface area contributed by atoms with Crippen molar-refractivity contribution >= 4 is 11.9 Å². The number of aromatic carboxylic acids is 1. The summed E-state index contributed by atoms with van der Waals surface area (Å²) in [5.74, 6) is -3.23. The van der Waals surface area contributed by atoms with Crippen LogP contribution < -0.4 is 10.5 Å². The van der Waals surface area contributed by atoms with Crippen molar-refractivity contribution in [1.29, 1.82) is 0 Å². The fourth-order valence-electron chi connectivity index (χ4n) is 1.52. The van der Waals surface area contributed by atoms with Crippen molar-refractivity contribution in [1.82, 2.24) is 4.98 Å². The van der Waals surface area contributed by atoms with Gasteiger partial charge in [-0.15, -0.1) is 0 Å². The molecule has 0 saturated heterocycles. The van der Waals surface area contributed by atoms with Gasteiger partial charge >= 0.3 is 5.97 Å². The molecule has 3 N–H and O–H groups in total. The number of ether oxygens (including phenoxy) is 1. The Hall–Kier alpha value is -2.96. The first-order valence-corrected chi connectivity index (χ1v) is 5.44. The monoisotopic (exact) mass is 276 g/mol. The third-order valence-electron chi connectivity index (χ3n) is 2.41. The van der Waals surface area contributed by atoms with Crippen LogP contribution in [-0.2, 0) is 0 Å². The van der Waals surface area contributed by atoms with Gasteiger partial charge < -0.3 is 15.6 Å². The zero-order chi connectivity index (χ0) is 14.7. The maximum absolute atomic E-state index is 13.0. The summed E-state index contributed by atoms with van der Waals surface area (Å²) >= 11 is 0. The second kappa shape index (κ2) is 5.35. The number of amides is 1. The number of primary amides is 1. The van der Waals surface area contributed by atoms with E-state index in [0.29, 0.717) is 0 Å². The molecule has 1 amide bonds. The molecule has 0 radical (unpaired) electrons. The zero-order valence-corrected chi connectivity index (χ0v) is 10.0. The topological polar surface area (TPSA) is 103 Å². The van der Waals surface area contributed by atoms with E-state index in [2.05, 4.69) is 4.98 Å². The molecule has 20 heavy (non-hydrogen) atoms. The Morgan fingerprint density at radius 3 is 2.60 bits per heavy atom. The van der Waals surface area contributed by atoms with Gasteiger partial charge in [-0.05, 0) is 18.2 Å². The molecule has 0 aliphatic rings. The van der Waals surface area contributed by atoms with Crippen LogP contribution in [-0.4, -0.2) is 22.0 Å². The van der Waals surface area contributed by atoms with E-state index in [-0.39, 0.29) is 17.2 Å². The van der Waals surface area contributed by atoms with Crippen LogP contribution in [0.25, 0.3) is 0 Å². The van der Waals surface area contributed by atoms with Crippen LogP contribution in [0.3, 0.4) is 0 Å². The second-order valence-electron chi connectivity index (χ2n) is 3.77. The largest absolute Gasteiger partial charge is 0.477 e. The van der Waals surface area contributed by atoms with Crippen LogP contribution in [0, 0.1) is 5.82 Å². The predicted molar refractivity (Wildman–Crippen MR) is 66.2 cm³/mol. The molecule has 102 valence electrons. The van der Waals surface area contributed by atoms with Gasteiger partial charge in [-0.25, -0.2) is 14.2 Å². The Morgan fingerprint density at radius 1 is 1.25 bits per heavy atom. The number of hydrogen-bond donors (Lipinski definition) is 2. The van der Waals surface area contributed by atoms with E-state index in [1.807, 2.05) is 0 Å². The minimum Gasteiger partial charge on any atom is -0.477 e. The number of halogens is 1. The Kier molecular flexibility index (Phi) is 3.60. The fourth-order valence-corrected chi connectivity index (χ4v) is 1.52. The van der Waals surface area contributed by atoms with Crippen molar-refractivity contribution in [3.05, 3.63) is 53.5 Å². The number of carbonyl (C=O) groups excluding carboxylic acids is 1. The molecular formula is C13H9FN2O4. The van der Waals surface area contributed by atoms with Crippen LogP contribution in [0.4, 0.5) is 4.39 Å². The molecule has 6 nitrogen and oxygen atoms in total. The Bertz CT molecular complexity index is 688. The smallest absolute Gasteiger partial charge is 0.341 e. The standard InChI is InChI=1S/C13H9FN2O4/c14-7-5-9(13(18)19)12(16-6-7)20-10-4-2-1-3-8(10)11(15)17/h1-6H,(H2,15,17)(H,18,19). The molecular weight excluding hydrogens is 267 g/mol. The molecule has 1 aromatic carbocycles. The van der Waals surface area contributed by atoms with Crippen molar-refractivity contribution in [2.45, 2.75) is 0 Å². The van der Waals surface area contributed by atoms with Crippen LogP contribution in [0.1, 0.15) is 20.7 Å². The number of nitrogens with two attached hydrogens (primary N) is 1. The first-order chi connectivity index (χ1) is 9.49. The third-order valence-corrected chi connectivity index (χ3v) is 2.41. The molecule has 0 fully saturated rings. The number of rotatable bonds is 4. The maximum atomic E-state index is 13.0. The van der Waals surface area contributed by atoms with E-state index in [9.17, 15) is 14.0 Å². The summed E-state index contributed by atoms with van der Waals surface area (Å²) in [6.07, 6.45) is 0.814. The number of hydrogen-bond acceptors (Lipinski definition) is 4. The van der Waals surface area contributed by atoms with Crippen molar-refractivity contribution in [2.24, 2.45) is 5.73 Å². The molecule has 7 heteroatoms. The van der Waals surface area contributed by atoms with Crippen LogP contribution in [0.5, 0.6) is 11.6 Å². The first-order valence-electron chi connectivity index (χ1n) is 5.44. The predicted octanol–water partition coefficient (Wildman–Crippen LogP) is 1.81. The lowest BCUT2D eigenvalue weighted by Crippen LogP contribution is -2.12. The summed E-state index contributed by atoms with van der Waals surface area (Å²) in [5.41, 5.74) is 4.78. The lowest BCUT2D eigenvalue weighted by Gasteiger charge is -2.10. The van der Waals surface area contributed by atoms with Crippen LogP contribution in [0.2, 0.25) is 0 Å². The van der Waals surface area contributed by atoms with Crippen molar-refractivity contribution < 1.29 is 23.8 Å². The molecule has 1 heterocycles. The van der Waals surface area contributed by atoms with Crippen molar-refractivity contribution in [3.8, 4) is 11.6 Å². The zero-order valence-electron chi connectivity index (χ0n) is 10.0. The van der Waals surface area contributed by atoms with Crippen molar-refractivity contribution in [3.63, 3.8) is 0 Å². The summed E-state index contributed by atoms with van der Waals surface area (Å²) in [5, 5.41) is 8.97. The Labute approximate surface area is 112 Å². The highest BCUT2D eigenvalue weighted by atomic mass is 19.1. The summed E-state index contributed by atoms with van der Waals surface area (Å²) in [6, 6.07) is 6.77. The highest BCUT2D eigenvalue weighted by Gasteiger charge is 2.17. The molecule has 0 aliphatic heterocycles. The fraction of sp³-hybridized carbons (Fsp3) is 0. The Morgan fingerprint density at radius 2 is 1.95 bits per heavy atom. The van der Waals surface area contributed by atoms with E-state index < -0.39 is 23.3 Å². The van der Waals surface area contributed by atoms with E-state index in [0.717, 1.165) is 12.3 Å². The third kappa shape index (κ3) is 2.72. The van der Waals surface area contributed by atoms with Crippen LogP contribution >= 0.6 is 0 Å². The molecule has 2 rings (SSSR count). The number of para-hydroxylation sites is 1. The number of pyridine rings is 1. The van der Waals surface area contributed by atoms with Gasteiger partial charge in [0, 0.05) is 0 Å². The summed E-state index contributed by atoms with van der Waals surface area (Å²) in [4.78, 5) is 25.8. The lowest BCUT2D eigenvalue weighted by molar-refractivity contribution is 0.0692. The van der Waals surface area contributed by atoms with Gasteiger partial charge in [0.1, 0.15) is 17.1 Å². The number of aromatic nitrogens is 1. The average Bonchev–Trinajstić information content (AvgIpc) is 2.41. The number of carbonyl (C=O) groups is 2. The molecule has 0 aliphatic carbocycles. The van der Waals surface area contributed by atoms with Gasteiger partial charge in [0.15, 0.2) is 0 Å². The lowest BCUT2D eigenvalue weighted by atomic mass is 10.2. The number of benzene rings is 1. The van der Waals surface area contributed by atoms with E-state index in [1.54, 1.807) is 12.1 Å². The number of carboxylic acid groups (broad SMARTS) is 1. The van der Waals surface area contributed by atoms with Gasteiger partial charge in [-0.1, -0.05) is 12.1 Å². The number of nitrogens with zero attached hydrogens (tertiary/aromatic N) is 1. The van der Waals surface area contributed by atoms with Gasteiger partial charge in [-0.3, -0.25) is 4.79 Å². The molecule has 2 aromatic rings. The van der Waals surface area contributed by atoms with Gasteiger partial charge in [0.2, 0.25) is 5.88 Å². The molecule has 0 atom stereocenters. The summed E-state index contributed by atoms with van der Waals surface area (Å²) < 4.78 is 18.3. The second-order valence-corrected chi connectivity index (χ2v) is 3.77. The first kappa shape index (κ1) is 13.5. The van der Waals surface area contributed by atoms with Crippen molar-refractivity contribution in [2.75, 3.05) is 0 Å². The van der Waals surface area contributed by atoms with Gasteiger partial charge in [-0.2, -0.15) is 0 Å². The van der Waals surface area contributed by atoms with Crippen LogP contribution in [0.15, 0.2) is 36.5 Å². The average molecular weight is 276 g/mol. The molecule has 0 unspecified atom stereocenters. The van der Waals surface area contributed by atoms with E-state index in [1.165, 1.54) is 12.1 Å². The molecule has 0 spiro atoms. The molecule has 0 saturated carbocycles. The quantitative estimate of drug-likeness (QED) is 0.886. The highest BCUT2D eigenvalue weighted by molar-refractivity contribution is 5.96. The maximum Gasteiger partial charge on any atom is 0.341 e. The minimum absolute atomic E-state index is 0.0432. The highest BCUT2D eigenvalue weighted by Crippen LogP contribution is 2.26. The summed E-state index contributed by atoms with van der Waals surface area (Å²) in [7, 11) is 0. The van der Waals surface area contributed by atoms with E-state index >= 15 is 0 Å².